The molecule has 6 heteroatoms. The lowest BCUT2D eigenvalue weighted by atomic mass is 10.1. The number of nitrogens with zero attached hydrogens (tertiary/aromatic N) is 1. The van der Waals surface area contributed by atoms with Crippen molar-refractivity contribution in [2.24, 2.45) is 0 Å². The molecule has 1 N–H and O–H groups in total. The predicted octanol–water partition coefficient (Wildman–Crippen LogP) is 0.683. The second kappa shape index (κ2) is 5.69. The van der Waals surface area contributed by atoms with Gasteiger partial charge >= 0.3 is 0 Å². The lowest BCUT2D eigenvalue weighted by Crippen LogP contribution is -2.35. The molecular weight excluding hydrogens is 251 g/mol. The summed E-state index contributed by atoms with van der Waals surface area (Å²) < 4.78 is 18.9. The maximum absolute atomic E-state index is 14.0. The van der Waals surface area contributed by atoms with E-state index in [2.05, 4.69) is 5.32 Å². The Morgan fingerprint density at radius 2 is 2.21 bits per heavy atom. The molecular formula is C13H15FN2O3. The van der Waals surface area contributed by atoms with E-state index in [-0.39, 0.29) is 37.1 Å². The maximum atomic E-state index is 14.0. The van der Waals surface area contributed by atoms with E-state index in [9.17, 15) is 14.0 Å². The van der Waals surface area contributed by atoms with Crippen molar-refractivity contribution in [1.82, 2.24) is 10.2 Å². The molecule has 1 aliphatic heterocycles. The van der Waals surface area contributed by atoms with Gasteiger partial charge in [0.25, 0.3) is 0 Å². The molecule has 2 amide bonds. The number of hydrogen-bond acceptors (Lipinski definition) is 3. The van der Waals surface area contributed by atoms with E-state index in [1.54, 1.807) is 12.1 Å². The summed E-state index contributed by atoms with van der Waals surface area (Å²) in [6.07, 6.45) is 0.233. The highest BCUT2D eigenvalue weighted by Gasteiger charge is 2.21. The van der Waals surface area contributed by atoms with E-state index in [0.717, 1.165) is 0 Å². The van der Waals surface area contributed by atoms with Gasteiger partial charge in [-0.25, -0.2) is 4.39 Å². The Balaban J connectivity index is 2.16. The first-order valence-corrected chi connectivity index (χ1v) is 5.97. The van der Waals surface area contributed by atoms with E-state index in [1.807, 2.05) is 0 Å². The summed E-state index contributed by atoms with van der Waals surface area (Å²) in [7, 11) is 1.39. The van der Waals surface area contributed by atoms with Gasteiger partial charge in [0.1, 0.15) is 0 Å². The molecule has 0 spiro atoms. The molecule has 2 rings (SSSR count). The van der Waals surface area contributed by atoms with Crippen molar-refractivity contribution in [1.29, 1.82) is 0 Å². The van der Waals surface area contributed by atoms with Crippen molar-refractivity contribution in [2.75, 3.05) is 20.2 Å². The fourth-order valence-electron chi connectivity index (χ4n) is 1.94. The van der Waals surface area contributed by atoms with Crippen LogP contribution in [0.15, 0.2) is 18.2 Å². The summed E-state index contributed by atoms with van der Waals surface area (Å²) in [5, 5.41) is 2.50. The van der Waals surface area contributed by atoms with Crippen LogP contribution in [0, 0.1) is 5.82 Å². The van der Waals surface area contributed by atoms with E-state index < -0.39 is 5.82 Å². The van der Waals surface area contributed by atoms with E-state index in [4.69, 9.17) is 4.74 Å². The molecule has 0 atom stereocenters. The van der Waals surface area contributed by atoms with E-state index >= 15 is 0 Å². The number of ether oxygens (including phenoxy) is 1. The second-order valence-electron chi connectivity index (χ2n) is 4.28. The van der Waals surface area contributed by atoms with Crippen LogP contribution in [0.2, 0.25) is 0 Å². The van der Waals surface area contributed by atoms with Gasteiger partial charge in [-0.1, -0.05) is 12.1 Å². The highest BCUT2D eigenvalue weighted by atomic mass is 19.1. The summed E-state index contributed by atoms with van der Waals surface area (Å²) in [5.41, 5.74) is 0.377. The van der Waals surface area contributed by atoms with Crippen molar-refractivity contribution in [3.63, 3.8) is 0 Å². The Labute approximate surface area is 110 Å². The van der Waals surface area contributed by atoms with Crippen molar-refractivity contribution in [2.45, 2.75) is 13.0 Å². The van der Waals surface area contributed by atoms with Crippen LogP contribution in [0.25, 0.3) is 0 Å². The zero-order valence-electron chi connectivity index (χ0n) is 10.6. The first kappa shape index (κ1) is 13.3. The molecule has 1 aromatic rings. The standard InChI is InChI=1S/C13H15FN2O3/c1-19-10-4-2-3-9(13(10)14)8-16-6-5-11(17)15-7-12(16)18/h2-4H,5-8H2,1H3,(H,15,17). The summed E-state index contributed by atoms with van der Waals surface area (Å²) in [6, 6.07) is 4.79. The average Bonchev–Trinajstić information content (AvgIpc) is 2.56. The number of hydrogen-bond donors (Lipinski definition) is 1. The van der Waals surface area contributed by atoms with Gasteiger partial charge in [-0.15, -0.1) is 0 Å². The summed E-state index contributed by atoms with van der Waals surface area (Å²) in [5.74, 6) is -0.703. The molecule has 0 aliphatic carbocycles. The minimum atomic E-state index is -0.471. The number of carbonyl (C=O) groups is 2. The van der Waals surface area contributed by atoms with Gasteiger partial charge in [-0.05, 0) is 6.07 Å². The quantitative estimate of drug-likeness (QED) is 0.875. The molecule has 102 valence electrons. The lowest BCUT2D eigenvalue weighted by Gasteiger charge is -2.20. The van der Waals surface area contributed by atoms with Crippen LogP contribution >= 0.6 is 0 Å². The number of nitrogens with one attached hydrogen (secondary N) is 1. The molecule has 0 bridgehead atoms. The van der Waals surface area contributed by atoms with Crippen LogP contribution in [0.1, 0.15) is 12.0 Å². The number of amides is 2. The van der Waals surface area contributed by atoms with Crippen molar-refractivity contribution in [3.8, 4) is 5.75 Å². The van der Waals surface area contributed by atoms with E-state index in [1.165, 1.54) is 18.1 Å². The van der Waals surface area contributed by atoms with Gasteiger partial charge in [-0.3, -0.25) is 9.59 Å². The van der Waals surface area contributed by atoms with Gasteiger partial charge < -0.3 is 15.0 Å². The number of halogens is 1. The Kier molecular flexibility index (Phi) is 3.99. The normalized spacial score (nSPS) is 16.0. The Bertz CT molecular complexity index is 505. The number of methoxy groups -OCH3 is 1. The van der Waals surface area contributed by atoms with E-state index in [0.29, 0.717) is 12.1 Å². The minimum Gasteiger partial charge on any atom is -0.494 e. The third-order valence-corrected chi connectivity index (χ3v) is 3.02. The molecule has 1 aliphatic rings. The van der Waals surface area contributed by atoms with Crippen LogP contribution in [-0.4, -0.2) is 36.9 Å². The zero-order chi connectivity index (χ0) is 13.8. The molecule has 0 aromatic heterocycles. The smallest absolute Gasteiger partial charge is 0.242 e. The van der Waals surface area contributed by atoms with Crippen LogP contribution in [0.4, 0.5) is 4.39 Å². The van der Waals surface area contributed by atoms with Crippen LogP contribution in [-0.2, 0) is 16.1 Å². The van der Waals surface area contributed by atoms with Gasteiger partial charge in [-0.2, -0.15) is 0 Å². The first-order chi connectivity index (χ1) is 9.11. The molecule has 1 aromatic carbocycles. The monoisotopic (exact) mass is 266 g/mol. The average molecular weight is 266 g/mol. The molecule has 1 saturated heterocycles. The molecule has 1 heterocycles. The molecule has 19 heavy (non-hydrogen) atoms. The van der Waals surface area contributed by atoms with Crippen LogP contribution in [0.3, 0.4) is 0 Å². The van der Waals surface area contributed by atoms with Crippen molar-refractivity contribution >= 4 is 11.8 Å². The summed E-state index contributed by atoms with van der Waals surface area (Å²) >= 11 is 0. The molecule has 0 saturated carbocycles. The lowest BCUT2D eigenvalue weighted by molar-refractivity contribution is -0.130. The fraction of sp³-hybridized carbons (Fsp3) is 0.385. The van der Waals surface area contributed by atoms with Crippen LogP contribution < -0.4 is 10.1 Å². The number of carbonyl (C=O) groups excluding carboxylic acids is 2. The minimum absolute atomic E-state index is 0.0373. The summed E-state index contributed by atoms with van der Waals surface area (Å²) in [4.78, 5) is 24.5. The van der Waals surface area contributed by atoms with Gasteiger partial charge in [0, 0.05) is 25.1 Å². The molecule has 5 nitrogen and oxygen atoms in total. The Hall–Kier alpha value is -2.11. The van der Waals surface area contributed by atoms with Gasteiger partial charge in [0.05, 0.1) is 13.7 Å². The number of benzene rings is 1. The van der Waals surface area contributed by atoms with Crippen molar-refractivity contribution in [3.05, 3.63) is 29.6 Å². The largest absolute Gasteiger partial charge is 0.494 e. The molecule has 0 unspecified atom stereocenters. The third kappa shape index (κ3) is 3.01. The fourth-order valence-corrected chi connectivity index (χ4v) is 1.94. The zero-order valence-corrected chi connectivity index (χ0v) is 10.6. The molecule has 0 radical (unpaired) electrons. The maximum Gasteiger partial charge on any atom is 0.242 e. The van der Waals surface area contributed by atoms with Crippen molar-refractivity contribution < 1.29 is 18.7 Å². The molecule has 1 fully saturated rings. The SMILES string of the molecule is COc1cccc(CN2CCC(=O)NCC2=O)c1F. The first-order valence-electron chi connectivity index (χ1n) is 5.97. The van der Waals surface area contributed by atoms with Crippen LogP contribution in [0.5, 0.6) is 5.75 Å². The highest BCUT2D eigenvalue weighted by Crippen LogP contribution is 2.21. The Morgan fingerprint density at radius 1 is 1.42 bits per heavy atom. The van der Waals surface area contributed by atoms with Gasteiger partial charge in [0.15, 0.2) is 11.6 Å². The topological polar surface area (TPSA) is 58.6 Å². The second-order valence-corrected chi connectivity index (χ2v) is 4.28. The van der Waals surface area contributed by atoms with Gasteiger partial charge in [0.2, 0.25) is 11.8 Å². The Morgan fingerprint density at radius 3 is 2.95 bits per heavy atom. The highest BCUT2D eigenvalue weighted by molar-refractivity contribution is 5.87. The summed E-state index contributed by atoms with van der Waals surface area (Å²) in [6.45, 7) is 0.391. The predicted molar refractivity (Wildman–Crippen MR) is 66.0 cm³/mol. The number of rotatable bonds is 3. The third-order valence-electron chi connectivity index (χ3n) is 3.02.